The number of thiazole rings is 1. The number of pyridine rings is 1. The summed E-state index contributed by atoms with van der Waals surface area (Å²) in [4.78, 5) is 20.9. The Morgan fingerprint density at radius 2 is 1.92 bits per heavy atom. The maximum Gasteiger partial charge on any atom is 0.230 e. The van der Waals surface area contributed by atoms with Gasteiger partial charge in [0.15, 0.2) is 0 Å². The van der Waals surface area contributed by atoms with Crippen molar-refractivity contribution in [2.24, 2.45) is 0 Å². The van der Waals surface area contributed by atoms with Gasteiger partial charge in [0, 0.05) is 16.8 Å². The lowest BCUT2D eigenvalue weighted by Gasteiger charge is -2.06. The molecule has 0 aliphatic rings. The predicted molar refractivity (Wildman–Crippen MR) is 104 cm³/mol. The molecular formula is C20H21N3O2S. The third-order valence-electron chi connectivity index (χ3n) is 3.69. The molecule has 6 heteroatoms. The Morgan fingerprint density at radius 1 is 1.15 bits per heavy atom. The van der Waals surface area contributed by atoms with Crippen molar-refractivity contribution in [2.75, 3.05) is 5.32 Å². The van der Waals surface area contributed by atoms with Crippen LogP contribution in [0, 0.1) is 20.8 Å². The number of carbonyl (C=O) groups excluding carboxylic acids is 1. The lowest BCUT2D eigenvalue weighted by atomic mass is 10.1. The maximum absolute atomic E-state index is 12.2. The third kappa shape index (κ3) is 5.13. The van der Waals surface area contributed by atoms with Gasteiger partial charge >= 0.3 is 0 Å². The van der Waals surface area contributed by atoms with Crippen LogP contribution in [0.25, 0.3) is 0 Å². The monoisotopic (exact) mass is 367 g/mol. The van der Waals surface area contributed by atoms with Crippen LogP contribution in [-0.4, -0.2) is 15.9 Å². The predicted octanol–water partition coefficient (Wildman–Crippen LogP) is 4.22. The zero-order valence-electron chi connectivity index (χ0n) is 15.1. The number of hydrogen-bond acceptors (Lipinski definition) is 5. The van der Waals surface area contributed by atoms with Crippen LogP contribution in [0.4, 0.5) is 5.69 Å². The lowest BCUT2D eigenvalue weighted by molar-refractivity contribution is -0.115. The van der Waals surface area contributed by atoms with Crippen LogP contribution >= 0.6 is 11.3 Å². The summed E-state index contributed by atoms with van der Waals surface area (Å²) in [5.74, 6) is 0.635. The molecule has 2 heterocycles. The summed E-state index contributed by atoms with van der Waals surface area (Å²) in [7, 11) is 0. The van der Waals surface area contributed by atoms with Gasteiger partial charge in [-0.05, 0) is 56.2 Å². The van der Waals surface area contributed by atoms with Crippen LogP contribution in [0.1, 0.15) is 27.5 Å². The second-order valence-electron chi connectivity index (χ2n) is 6.26. The van der Waals surface area contributed by atoms with Gasteiger partial charge in [-0.25, -0.2) is 4.98 Å². The van der Waals surface area contributed by atoms with Crippen molar-refractivity contribution in [1.29, 1.82) is 0 Å². The van der Waals surface area contributed by atoms with Gasteiger partial charge in [0.2, 0.25) is 5.91 Å². The van der Waals surface area contributed by atoms with Crippen molar-refractivity contribution in [3.63, 3.8) is 0 Å². The highest BCUT2D eigenvalue weighted by Crippen LogP contribution is 2.17. The fourth-order valence-corrected chi connectivity index (χ4v) is 3.30. The average Bonchev–Trinajstić information content (AvgIpc) is 3.00. The van der Waals surface area contributed by atoms with E-state index in [2.05, 4.69) is 21.4 Å². The van der Waals surface area contributed by atoms with E-state index in [4.69, 9.17) is 4.74 Å². The van der Waals surface area contributed by atoms with Crippen LogP contribution in [0.2, 0.25) is 0 Å². The normalized spacial score (nSPS) is 10.6. The summed E-state index contributed by atoms with van der Waals surface area (Å²) in [6, 6.07) is 9.78. The Kier molecular flexibility index (Phi) is 5.63. The summed E-state index contributed by atoms with van der Waals surface area (Å²) < 4.78 is 5.67. The molecule has 1 amide bonds. The molecule has 0 aliphatic carbocycles. The van der Waals surface area contributed by atoms with Gasteiger partial charge in [0.25, 0.3) is 0 Å². The van der Waals surface area contributed by atoms with Gasteiger partial charge in [-0.3, -0.25) is 9.78 Å². The number of anilines is 1. The third-order valence-corrected chi connectivity index (χ3v) is 4.56. The molecule has 0 saturated heterocycles. The second kappa shape index (κ2) is 8.10. The first-order chi connectivity index (χ1) is 12.5. The number of amides is 1. The van der Waals surface area contributed by atoms with Gasteiger partial charge in [0.05, 0.1) is 18.3 Å². The first-order valence-corrected chi connectivity index (χ1v) is 9.23. The topological polar surface area (TPSA) is 64.1 Å². The number of rotatable bonds is 6. The van der Waals surface area contributed by atoms with Crippen molar-refractivity contribution in [3.05, 3.63) is 69.4 Å². The number of hydrogen-bond donors (Lipinski definition) is 1. The molecule has 0 spiro atoms. The molecule has 26 heavy (non-hydrogen) atoms. The summed E-state index contributed by atoms with van der Waals surface area (Å²) >= 11 is 1.49. The SMILES string of the molecule is Cc1cc(C)cc(NC(=O)Cc2csc(COc3ccc(C)nc3)n2)c1. The summed E-state index contributed by atoms with van der Waals surface area (Å²) in [6.07, 6.45) is 1.94. The standard InChI is InChI=1S/C20H21N3O2S/c1-13-6-14(2)8-16(7-13)22-19(24)9-17-12-26-20(23-17)11-25-18-5-4-15(3)21-10-18/h4-8,10,12H,9,11H2,1-3H3,(H,22,24). The number of nitrogens with zero attached hydrogens (tertiary/aromatic N) is 2. The Bertz CT molecular complexity index is 883. The smallest absolute Gasteiger partial charge is 0.230 e. The van der Waals surface area contributed by atoms with Crippen molar-refractivity contribution < 1.29 is 9.53 Å². The van der Waals surface area contributed by atoms with Gasteiger partial charge in [-0.15, -0.1) is 11.3 Å². The van der Waals surface area contributed by atoms with Crippen molar-refractivity contribution in [2.45, 2.75) is 33.8 Å². The summed E-state index contributed by atoms with van der Waals surface area (Å²) in [5.41, 5.74) is 4.76. The van der Waals surface area contributed by atoms with Gasteiger partial charge in [0.1, 0.15) is 17.4 Å². The summed E-state index contributed by atoms with van der Waals surface area (Å²) in [5, 5.41) is 5.66. The minimum atomic E-state index is -0.0736. The Hall–Kier alpha value is -2.73. The first kappa shape index (κ1) is 18.1. The van der Waals surface area contributed by atoms with E-state index < -0.39 is 0 Å². The minimum Gasteiger partial charge on any atom is -0.485 e. The molecule has 0 atom stereocenters. The molecule has 0 radical (unpaired) electrons. The van der Waals surface area contributed by atoms with E-state index in [9.17, 15) is 4.79 Å². The zero-order chi connectivity index (χ0) is 18.5. The molecule has 5 nitrogen and oxygen atoms in total. The van der Waals surface area contributed by atoms with E-state index in [-0.39, 0.29) is 12.3 Å². The number of nitrogens with one attached hydrogen (secondary N) is 1. The maximum atomic E-state index is 12.2. The van der Waals surface area contributed by atoms with Gasteiger partial charge in [-0.1, -0.05) is 6.07 Å². The second-order valence-corrected chi connectivity index (χ2v) is 7.20. The van der Waals surface area contributed by atoms with E-state index in [1.54, 1.807) is 6.20 Å². The summed E-state index contributed by atoms with van der Waals surface area (Å²) in [6.45, 7) is 6.33. The van der Waals surface area contributed by atoms with E-state index >= 15 is 0 Å². The van der Waals surface area contributed by atoms with Crippen LogP contribution in [0.3, 0.4) is 0 Å². The average molecular weight is 367 g/mol. The van der Waals surface area contributed by atoms with Crippen LogP contribution in [0.15, 0.2) is 41.9 Å². The largest absolute Gasteiger partial charge is 0.485 e. The Morgan fingerprint density at radius 3 is 2.62 bits per heavy atom. The molecule has 0 unspecified atom stereocenters. The molecule has 3 aromatic rings. The van der Waals surface area contributed by atoms with E-state index in [0.29, 0.717) is 12.4 Å². The Balaban J connectivity index is 1.54. The molecule has 1 aromatic carbocycles. The van der Waals surface area contributed by atoms with Gasteiger partial charge in [-0.2, -0.15) is 0 Å². The van der Waals surface area contributed by atoms with Crippen LogP contribution in [-0.2, 0) is 17.8 Å². The first-order valence-electron chi connectivity index (χ1n) is 8.35. The molecule has 3 rings (SSSR count). The molecular weight excluding hydrogens is 346 g/mol. The fourth-order valence-electron chi connectivity index (χ4n) is 2.60. The van der Waals surface area contributed by atoms with Crippen molar-refractivity contribution in [1.82, 2.24) is 9.97 Å². The number of carbonyl (C=O) groups is 1. The van der Waals surface area contributed by atoms with E-state index in [0.717, 1.165) is 33.2 Å². The van der Waals surface area contributed by atoms with Crippen molar-refractivity contribution in [3.8, 4) is 5.75 Å². The molecule has 134 valence electrons. The number of benzene rings is 1. The number of aryl methyl sites for hydroxylation is 3. The Labute approximate surface area is 157 Å². The lowest BCUT2D eigenvalue weighted by Crippen LogP contribution is -2.14. The van der Waals surface area contributed by atoms with Crippen LogP contribution in [0.5, 0.6) is 5.75 Å². The molecule has 0 bridgehead atoms. The highest BCUT2D eigenvalue weighted by atomic mass is 32.1. The fraction of sp³-hybridized carbons (Fsp3) is 0.250. The highest BCUT2D eigenvalue weighted by Gasteiger charge is 2.09. The molecule has 0 aliphatic heterocycles. The quantitative estimate of drug-likeness (QED) is 0.708. The number of aromatic nitrogens is 2. The molecule has 0 saturated carbocycles. The molecule has 1 N–H and O–H groups in total. The van der Waals surface area contributed by atoms with Gasteiger partial charge < -0.3 is 10.1 Å². The van der Waals surface area contributed by atoms with Crippen molar-refractivity contribution >= 4 is 22.9 Å². The number of ether oxygens (including phenoxy) is 1. The minimum absolute atomic E-state index is 0.0736. The molecule has 0 fully saturated rings. The highest BCUT2D eigenvalue weighted by molar-refractivity contribution is 7.09. The zero-order valence-corrected chi connectivity index (χ0v) is 15.9. The van der Waals surface area contributed by atoms with E-state index in [1.165, 1.54) is 11.3 Å². The van der Waals surface area contributed by atoms with E-state index in [1.807, 2.05) is 50.4 Å². The van der Waals surface area contributed by atoms with Crippen LogP contribution < -0.4 is 10.1 Å². The molecule has 2 aromatic heterocycles.